The number of ether oxygens (including phenoxy) is 1. The SMILES string of the molecule is COc1cccc2cc(C(=O)N(C)C3CCC(CO)CC3)oc12. The normalized spacial score (nSPS) is 21.3. The van der Waals surface area contributed by atoms with Crippen LogP contribution in [0.1, 0.15) is 36.2 Å². The lowest BCUT2D eigenvalue weighted by molar-refractivity contribution is 0.0624. The smallest absolute Gasteiger partial charge is 0.289 e. The Bertz CT molecular complexity index is 685. The van der Waals surface area contributed by atoms with Crippen molar-refractivity contribution in [1.29, 1.82) is 0 Å². The first-order valence-electron chi connectivity index (χ1n) is 8.08. The summed E-state index contributed by atoms with van der Waals surface area (Å²) in [6.07, 6.45) is 3.79. The van der Waals surface area contributed by atoms with Crippen molar-refractivity contribution >= 4 is 16.9 Å². The number of fused-ring (bicyclic) bond motifs is 1. The summed E-state index contributed by atoms with van der Waals surface area (Å²) in [7, 11) is 3.42. The molecule has 1 aromatic heterocycles. The zero-order valence-corrected chi connectivity index (χ0v) is 13.6. The summed E-state index contributed by atoms with van der Waals surface area (Å²) in [5.41, 5.74) is 0.607. The van der Waals surface area contributed by atoms with E-state index in [1.807, 2.05) is 25.2 Å². The Morgan fingerprint density at radius 1 is 1.35 bits per heavy atom. The predicted octanol–water partition coefficient (Wildman–Crippen LogP) is 3.06. The minimum absolute atomic E-state index is 0.101. The van der Waals surface area contributed by atoms with Gasteiger partial charge < -0.3 is 19.2 Å². The number of rotatable bonds is 4. The molecule has 23 heavy (non-hydrogen) atoms. The molecule has 5 nitrogen and oxygen atoms in total. The van der Waals surface area contributed by atoms with E-state index >= 15 is 0 Å². The van der Waals surface area contributed by atoms with E-state index in [9.17, 15) is 9.90 Å². The second kappa shape index (κ2) is 6.62. The second-order valence-corrected chi connectivity index (χ2v) is 6.26. The molecule has 1 aliphatic rings. The fourth-order valence-corrected chi connectivity index (χ4v) is 3.36. The summed E-state index contributed by atoms with van der Waals surface area (Å²) >= 11 is 0. The molecule has 1 saturated carbocycles. The number of aliphatic hydroxyl groups excluding tert-OH is 1. The zero-order valence-electron chi connectivity index (χ0n) is 13.6. The van der Waals surface area contributed by atoms with Gasteiger partial charge in [-0.05, 0) is 43.7 Å². The molecule has 0 aliphatic heterocycles. The standard InChI is InChI=1S/C18H23NO4/c1-19(14-8-6-12(11-20)7-9-14)18(21)16-10-13-4-3-5-15(22-2)17(13)23-16/h3-5,10,12,14,20H,6-9,11H2,1-2H3. The van der Waals surface area contributed by atoms with Gasteiger partial charge in [-0.2, -0.15) is 0 Å². The van der Waals surface area contributed by atoms with E-state index in [0.29, 0.717) is 23.0 Å². The van der Waals surface area contributed by atoms with Crippen molar-refractivity contribution in [2.75, 3.05) is 20.8 Å². The van der Waals surface area contributed by atoms with Gasteiger partial charge in [-0.15, -0.1) is 0 Å². The Kier molecular flexibility index (Phi) is 4.57. The highest BCUT2D eigenvalue weighted by molar-refractivity contribution is 5.97. The van der Waals surface area contributed by atoms with Crippen LogP contribution in [0.25, 0.3) is 11.0 Å². The van der Waals surface area contributed by atoms with Gasteiger partial charge >= 0.3 is 0 Å². The Balaban J connectivity index is 1.77. The van der Waals surface area contributed by atoms with E-state index in [-0.39, 0.29) is 18.6 Å². The van der Waals surface area contributed by atoms with Gasteiger partial charge in [0.05, 0.1) is 7.11 Å². The highest BCUT2D eigenvalue weighted by Gasteiger charge is 2.28. The highest BCUT2D eigenvalue weighted by Crippen LogP contribution is 2.31. The first-order chi connectivity index (χ1) is 11.1. The molecule has 124 valence electrons. The van der Waals surface area contributed by atoms with Gasteiger partial charge in [-0.25, -0.2) is 0 Å². The van der Waals surface area contributed by atoms with Gasteiger partial charge in [0.2, 0.25) is 0 Å². The van der Waals surface area contributed by atoms with Crippen LogP contribution in [0.3, 0.4) is 0 Å². The first kappa shape index (κ1) is 15.9. The Hall–Kier alpha value is -2.01. The number of amides is 1. The summed E-state index contributed by atoms with van der Waals surface area (Å²) in [5, 5.41) is 10.1. The molecule has 1 aliphatic carbocycles. The first-order valence-corrected chi connectivity index (χ1v) is 8.08. The Labute approximate surface area is 135 Å². The maximum Gasteiger partial charge on any atom is 0.289 e. The van der Waals surface area contributed by atoms with Gasteiger partial charge in [0.25, 0.3) is 5.91 Å². The van der Waals surface area contributed by atoms with Crippen LogP contribution in [0.5, 0.6) is 5.75 Å². The summed E-state index contributed by atoms with van der Waals surface area (Å²) in [4.78, 5) is 14.5. The summed E-state index contributed by atoms with van der Waals surface area (Å²) in [6.45, 7) is 0.244. The van der Waals surface area contributed by atoms with E-state index in [4.69, 9.17) is 9.15 Å². The summed E-state index contributed by atoms with van der Waals surface area (Å²) in [5.74, 6) is 1.25. The molecule has 0 spiro atoms. The fourth-order valence-electron chi connectivity index (χ4n) is 3.36. The van der Waals surface area contributed by atoms with Crippen LogP contribution in [0.2, 0.25) is 0 Å². The molecular formula is C18H23NO4. The lowest BCUT2D eigenvalue weighted by Crippen LogP contribution is -2.39. The van der Waals surface area contributed by atoms with Crippen LogP contribution in [0.15, 0.2) is 28.7 Å². The molecule has 1 amide bonds. The van der Waals surface area contributed by atoms with Crippen molar-refractivity contribution < 1.29 is 19.1 Å². The number of nitrogens with zero attached hydrogens (tertiary/aromatic N) is 1. The van der Waals surface area contributed by atoms with Crippen LogP contribution in [0.4, 0.5) is 0 Å². The molecule has 1 N–H and O–H groups in total. The molecule has 1 heterocycles. The van der Waals surface area contributed by atoms with E-state index in [2.05, 4.69) is 0 Å². The average Bonchev–Trinajstić information content (AvgIpc) is 3.04. The van der Waals surface area contributed by atoms with E-state index in [1.54, 1.807) is 18.1 Å². The van der Waals surface area contributed by atoms with Crippen molar-refractivity contribution in [2.45, 2.75) is 31.7 Å². The summed E-state index contributed by atoms with van der Waals surface area (Å²) in [6, 6.07) is 7.59. The topological polar surface area (TPSA) is 62.9 Å². The van der Waals surface area contributed by atoms with Gasteiger partial charge in [-0.1, -0.05) is 12.1 Å². The van der Waals surface area contributed by atoms with Gasteiger partial charge in [0.1, 0.15) is 0 Å². The largest absolute Gasteiger partial charge is 0.493 e. The van der Waals surface area contributed by atoms with E-state index < -0.39 is 0 Å². The summed E-state index contributed by atoms with van der Waals surface area (Å²) < 4.78 is 11.0. The quantitative estimate of drug-likeness (QED) is 0.941. The predicted molar refractivity (Wildman–Crippen MR) is 87.7 cm³/mol. The second-order valence-electron chi connectivity index (χ2n) is 6.26. The maximum atomic E-state index is 12.7. The van der Waals surface area contributed by atoms with Crippen molar-refractivity contribution in [2.24, 2.45) is 5.92 Å². The number of methoxy groups -OCH3 is 1. The van der Waals surface area contributed by atoms with Crippen LogP contribution < -0.4 is 4.74 Å². The molecule has 2 aromatic rings. The third kappa shape index (κ3) is 3.06. The molecule has 0 unspecified atom stereocenters. The number of carbonyl (C=O) groups excluding carboxylic acids is 1. The lowest BCUT2D eigenvalue weighted by Gasteiger charge is -2.33. The third-order valence-electron chi connectivity index (χ3n) is 4.88. The number of benzene rings is 1. The van der Waals surface area contributed by atoms with Crippen LogP contribution in [-0.2, 0) is 0 Å². The zero-order chi connectivity index (χ0) is 16.4. The molecule has 1 fully saturated rings. The van der Waals surface area contributed by atoms with Gasteiger partial charge in [0, 0.05) is 25.1 Å². The molecule has 0 bridgehead atoms. The van der Waals surface area contributed by atoms with Crippen LogP contribution in [-0.4, -0.2) is 42.7 Å². The van der Waals surface area contributed by atoms with Gasteiger partial charge in [-0.3, -0.25) is 4.79 Å². The van der Waals surface area contributed by atoms with E-state index in [0.717, 1.165) is 31.1 Å². The maximum absolute atomic E-state index is 12.7. The Morgan fingerprint density at radius 2 is 2.09 bits per heavy atom. The minimum atomic E-state index is -0.101. The monoisotopic (exact) mass is 317 g/mol. The van der Waals surface area contributed by atoms with Crippen molar-refractivity contribution in [1.82, 2.24) is 4.90 Å². The fraction of sp³-hybridized carbons (Fsp3) is 0.500. The number of hydrogen-bond donors (Lipinski definition) is 1. The molecule has 1 aromatic carbocycles. The minimum Gasteiger partial charge on any atom is -0.493 e. The average molecular weight is 317 g/mol. The van der Waals surface area contributed by atoms with Crippen LogP contribution >= 0.6 is 0 Å². The molecule has 0 atom stereocenters. The van der Waals surface area contributed by atoms with Crippen LogP contribution in [0, 0.1) is 5.92 Å². The third-order valence-corrected chi connectivity index (χ3v) is 4.88. The number of furan rings is 1. The molecule has 0 radical (unpaired) electrons. The molecular weight excluding hydrogens is 294 g/mol. The molecule has 3 rings (SSSR count). The number of carbonyl (C=O) groups is 1. The number of aliphatic hydroxyl groups is 1. The van der Waals surface area contributed by atoms with Gasteiger partial charge in [0.15, 0.2) is 17.1 Å². The lowest BCUT2D eigenvalue weighted by atomic mass is 9.86. The number of hydrogen-bond acceptors (Lipinski definition) is 4. The van der Waals surface area contributed by atoms with Crippen molar-refractivity contribution in [3.63, 3.8) is 0 Å². The molecule has 0 saturated heterocycles. The Morgan fingerprint density at radius 3 is 2.74 bits per heavy atom. The van der Waals surface area contributed by atoms with Crippen molar-refractivity contribution in [3.05, 3.63) is 30.0 Å². The van der Waals surface area contributed by atoms with E-state index in [1.165, 1.54) is 0 Å². The van der Waals surface area contributed by atoms with Crippen molar-refractivity contribution in [3.8, 4) is 5.75 Å². The highest BCUT2D eigenvalue weighted by atomic mass is 16.5. The molecule has 5 heteroatoms. The number of para-hydroxylation sites is 1.